The van der Waals surface area contributed by atoms with Crippen LogP contribution in [0.15, 0.2) is 42.5 Å². The highest BCUT2D eigenvalue weighted by Crippen LogP contribution is 2.42. The van der Waals surface area contributed by atoms with Crippen LogP contribution in [-0.2, 0) is 0 Å². The first-order chi connectivity index (χ1) is 12.5. The third kappa shape index (κ3) is 3.06. The predicted molar refractivity (Wildman–Crippen MR) is 110 cm³/mol. The van der Waals surface area contributed by atoms with Crippen molar-refractivity contribution in [3.8, 4) is 39.8 Å². The van der Waals surface area contributed by atoms with E-state index in [9.17, 15) is 10.4 Å². The van der Waals surface area contributed by atoms with Crippen LogP contribution in [-0.4, -0.2) is 17.2 Å². The van der Waals surface area contributed by atoms with Crippen molar-refractivity contribution in [2.45, 2.75) is 6.92 Å². The molecule has 0 unspecified atom stereocenters. The Balaban J connectivity index is 2.44. The topological polar surface area (TPSA) is 92.2 Å². The van der Waals surface area contributed by atoms with Gasteiger partial charge in [-0.1, -0.05) is 30.3 Å². The second kappa shape index (κ2) is 7.22. The van der Waals surface area contributed by atoms with Crippen LogP contribution in [0.1, 0.15) is 11.3 Å². The smallest absolute Gasteiger partial charge is 0.171 e. The lowest BCUT2D eigenvalue weighted by molar-refractivity contribution is 0.372. The molecule has 3 aromatic rings. The summed E-state index contributed by atoms with van der Waals surface area (Å²) in [4.78, 5) is 4.36. The number of aromatic hydroxyl groups is 1. The van der Waals surface area contributed by atoms with Crippen LogP contribution >= 0.6 is 22.6 Å². The van der Waals surface area contributed by atoms with E-state index in [-0.39, 0.29) is 11.6 Å². The number of benzene rings is 2. The minimum Gasteiger partial charge on any atom is -0.504 e. The second-order valence-electron chi connectivity index (χ2n) is 5.69. The summed E-state index contributed by atoms with van der Waals surface area (Å²) in [5, 5.41) is 19.9. The first kappa shape index (κ1) is 18.0. The van der Waals surface area contributed by atoms with Gasteiger partial charge < -0.3 is 15.6 Å². The number of nitrogen functional groups attached to an aromatic ring is 1. The molecular formula is C20H16IN3O2. The van der Waals surface area contributed by atoms with Gasteiger partial charge >= 0.3 is 0 Å². The van der Waals surface area contributed by atoms with E-state index in [1.54, 1.807) is 12.1 Å². The number of hydrogen-bond acceptors (Lipinski definition) is 5. The summed E-state index contributed by atoms with van der Waals surface area (Å²) in [5.41, 5.74) is 10.3. The molecule has 0 bridgehead atoms. The molecule has 0 aliphatic heterocycles. The molecule has 0 aliphatic rings. The maximum atomic E-state index is 10.2. The molecule has 130 valence electrons. The van der Waals surface area contributed by atoms with Gasteiger partial charge in [-0.25, -0.2) is 4.98 Å². The summed E-state index contributed by atoms with van der Waals surface area (Å²) in [5.74, 6) is 0.583. The van der Waals surface area contributed by atoms with Gasteiger partial charge in [0.15, 0.2) is 11.5 Å². The molecule has 6 heteroatoms. The molecule has 0 atom stereocenters. The molecule has 1 aromatic heterocycles. The van der Waals surface area contributed by atoms with Crippen molar-refractivity contribution >= 4 is 28.4 Å². The zero-order valence-electron chi connectivity index (χ0n) is 14.2. The average molecular weight is 457 g/mol. The Labute approximate surface area is 165 Å². The molecular weight excluding hydrogens is 441 g/mol. The lowest BCUT2D eigenvalue weighted by Gasteiger charge is -2.17. The van der Waals surface area contributed by atoms with Gasteiger partial charge in [-0.2, -0.15) is 5.26 Å². The molecule has 5 nitrogen and oxygen atoms in total. The van der Waals surface area contributed by atoms with Crippen molar-refractivity contribution in [2.75, 3.05) is 12.8 Å². The van der Waals surface area contributed by atoms with Crippen LogP contribution in [0.4, 0.5) is 5.82 Å². The molecule has 0 amide bonds. The first-order valence-electron chi connectivity index (χ1n) is 7.80. The van der Waals surface area contributed by atoms with Gasteiger partial charge in [0.2, 0.25) is 0 Å². The Hall–Kier alpha value is -2.79. The molecule has 26 heavy (non-hydrogen) atoms. The lowest BCUT2D eigenvalue weighted by atomic mass is 9.90. The third-order valence-electron chi connectivity index (χ3n) is 4.12. The number of hydrogen-bond donors (Lipinski definition) is 2. The minimum absolute atomic E-state index is 0.0652. The maximum absolute atomic E-state index is 10.2. The Kier molecular flexibility index (Phi) is 5.00. The number of anilines is 1. The molecule has 2 aromatic carbocycles. The van der Waals surface area contributed by atoms with Crippen molar-refractivity contribution in [3.63, 3.8) is 0 Å². The van der Waals surface area contributed by atoms with Crippen molar-refractivity contribution < 1.29 is 9.84 Å². The van der Waals surface area contributed by atoms with Gasteiger partial charge in [0.05, 0.1) is 10.7 Å². The highest BCUT2D eigenvalue weighted by molar-refractivity contribution is 14.1. The molecule has 0 aliphatic carbocycles. The number of aryl methyl sites for hydroxylation is 1. The number of phenols is 1. The minimum atomic E-state index is 0.0652. The van der Waals surface area contributed by atoms with Gasteiger partial charge in [-0.3, -0.25) is 0 Å². The molecule has 0 fully saturated rings. The fraction of sp³-hybridized carbons (Fsp3) is 0.100. The summed E-state index contributed by atoms with van der Waals surface area (Å²) in [6, 6.07) is 15.4. The monoisotopic (exact) mass is 457 g/mol. The number of nitrogens with two attached hydrogens (primary N) is 1. The fourth-order valence-electron chi connectivity index (χ4n) is 2.96. The van der Waals surface area contributed by atoms with Gasteiger partial charge in [0, 0.05) is 16.8 Å². The Morgan fingerprint density at radius 2 is 1.85 bits per heavy atom. The van der Waals surface area contributed by atoms with E-state index in [4.69, 9.17) is 10.5 Å². The van der Waals surface area contributed by atoms with Gasteiger partial charge in [-0.15, -0.1) is 0 Å². The van der Waals surface area contributed by atoms with Gasteiger partial charge in [0.25, 0.3) is 0 Å². The van der Waals surface area contributed by atoms with Gasteiger partial charge in [0.1, 0.15) is 17.5 Å². The van der Waals surface area contributed by atoms with E-state index < -0.39 is 0 Å². The van der Waals surface area contributed by atoms with Crippen LogP contribution in [0.2, 0.25) is 0 Å². The Morgan fingerprint density at radius 3 is 2.46 bits per heavy atom. The lowest BCUT2D eigenvalue weighted by Crippen LogP contribution is -2.03. The summed E-state index contributed by atoms with van der Waals surface area (Å²) in [7, 11) is 1.49. The molecule has 0 saturated heterocycles. The number of halogens is 1. The molecule has 0 spiro atoms. The van der Waals surface area contributed by atoms with Crippen molar-refractivity contribution in [1.82, 2.24) is 4.98 Å². The average Bonchev–Trinajstić information content (AvgIpc) is 2.64. The second-order valence-corrected chi connectivity index (χ2v) is 6.86. The summed E-state index contributed by atoms with van der Waals surface area (Å²) >= 11 is 2.03. The number of nitriles is 1. The molecule has 3 rings (SSSR count). The van der Waals surface area contributed by atoms with E-state index in [2.05, 4.69) is 11.1 Å². The molecule has 0 saturated carbocycles. The number of aromatic nitrogens is 1. The van der Waals surface area contributed by atoms with E-state index in [0.29, 0.717) is 20.4 Å². The summed E-state index contributed by atoms with van der Waals surface area (Å²) in [6.45, 7) is 1.87. The van der Waals surface area contributed by atoms with E-state index in [1.807, 2.05) is 59.8 Å². The van der Waals surface area contributed by atoms with Crippen LogP contribution in [0.25, 0.3) is 22.3 Å². The van der Waals surface area contributed by atoms with Crippen LogP contribution in [0.3, 0.4) is 0 Å². The van der Waals surface area contributed by atoms with Crippen LogP contribution < -0.4 is 10.5 Å². The third-order valence-corrected chi connectivity index (χ3v) is 4.94. The molecule has 3 N–H and O–H groups in total. The van der Waals surface area contributed by atoms with Crippen molar-refractivity contribution in [3.05, 3.63) is 57.3 Å². The zero-order valence-corrected chi connectivity index (χ0v) is 16.4. The standard InChI is InChI=1S/C20H16IN3O2/c1-11-17(12-6-4-3-5-7-12)18(14(10-22)20(23)24-11)13-8-15(21)19(25)16(9-13)26-2/h3-9,25H,1-2H3,(H2,23,24). The maximum Gasteiger partial charge on any atom is 0.171 e. The Morgan fingerprint density at radius 1 is 1.15 bits per heavy atom. The number of methoxy groups -OCH3 is 1. The van der Waals surface area contributed by atoms with E-state index >= 15 is 0 Å². The Bertz CT molecular complexity index is 1030. The van der Waals surface area contributed by atoms with E-state index in [1.165, 1.54) is 7.11 Å². The van der Waals surface area contributed by atoms with Crippen LogP contribution in [0.5, 0.6) is 11.5 Å². The summed E-state index contributed by atoms with van der Waals surface area (Å²) < 4.78 is 5.90. The predicted octanol–water partition coefficient (Wildman–Crippen LogP) is 4.50. The largest absolute Gasteiger partial charge is 0.504 e. The first-order valence-corrected chi connectivity index (χ1v) is 8.88. The number of phenolic OH excluding ortho intramolecular Hbond substituents is 1. The number of ether oxygens (including phenoxy) is 1. The highest BCUT2D eigenvalue weighted by atomic mass is 127. The normalized spacial score (nSPS) is 10.4. The van der Waals surface area contributed by atoms with Crippen LogP contribution in [0, 0.1) is 21.8 Å². The van der Waals surface area contributed by atoms with Crippen molar-refractivity contribution in [1.29, 1.82) is 5.26 Å². The number of pyridine rings is 1. The van der Waals surface area contributed by atoms with Crippen molar-refractivity contribution in [2.24, 2.45) is 0 Å². The fourth-order valence-corrected chi connectivity index (χ4v) is 3.56. The van der Waals surface area contributed by atoms with Gasteiger partial charge in [-0.05, 0) is 52.8 Å². The highest BCUT2D eigenvalue weighted by Gasteiger charge is 2.21. The quantitative estimate of drug-likeness (QED) is 0.566. The molecule has 1 heterocycles. The summed E-state index contributed by atoms with van der Waals surface area (Å²) in [6.07, 6.45) is 0. The number of nitrogens with zero attached hydrogens (tertiary/aromatic N) is 2. The SMILES string of the molecule is COc1cc(-c2c(C#N)c(N)nc(C)c2-c2ccccc2)cc(I)c1O. The number of rotatable bonds is 3. The van der Waals surface area contributed by atoms with E-state index in [0.717, 1.165) is 22.4 Å². The molecule has 0 radical (unpaired) electrons. The zero-order chi connectivity index (χ0) is 18.8.